The minimum Gasteiger partial charge on any atom is -0.370 e. The first kappa shape index (κ1) is 14.7. The predicted octanol–water partition coefficient (Wildman–Crippen LogP) is 0.989. The van der Waals surface area contributed by atoms with Gasteiger partial charge in [0, 0.05) is 16.6 Å². The van der Waals surface area contributed by atoms with E-state index in [1.54, 1.807) is 12.1 Å². The number of benzene rings is 1. The third-order valence-corrected chi connectivity index (χ3v) is 2.54. The number of aryl methyl sites for hydroxylation is 1. The Bertz CT molecular complexity index is 429. The molecule has 5 nitrogen and oxygen atoms in total. The number of nitrogens with one attached hydrogen (secondary N) is 1. The van der Waals surface area contributed by atoms with E-state index in [0.29, 0.717) is 12.1 Å². The smallest absolute Gasteiger partial charge is 0.251 e. The molecule has 0 saturated carbocycles. The number of primary amides is 1. The quantitative estimate of drug-likeness (QED) is 0.768. The summed E-state index contributed by atoms with van der Waals surface area (Å²) < 4.78 is 5.79. The zero-order chi connectivity index (χ0) is 13.5. The molecule has 0 aliphatic rings. The number of carbonyl (C=O) groups is 2. The Hall–Kier alpha value is -1.40. The SMILES string of the molecule is Cc1cc(Br)cc(C(=O)NCCOCC(N)=O)c1. The molecular weight excluding hydrogens is 300 g/mol. The van der Waals surface area contributed by atoms with Crippen molar-refractivity contribution in [2.24, 2.45) is 5.73 Å². The molecule has 0 atom stereocenters. The minimum absolute atomic E-state index is 0.133. The molecule has 2 amide bonds. The molecule has 0 unspecified atom stereocenters. The predicted molar refractivity (Wildman–Crippen MR) is 71.2 cm³/mol. The van der Waals surface area contributed by atoms with Crippen LogP contribution in [0.5, 0.6) is 0 Å². The van der Waals surface area contributed by atoms with Crippen molar-refractivity contribution < 1.29 is 14.3 Å². The number of nitrogens with two attached hydrogens (primary N) is 1. The molecule has 18 heavy (non-hydrogen) atoms. The maximum absolute atomic E-state index is 11.8. The van der Waals surface area contributed by atoms with Crippen molar-refractivity contribution in [3.05, 3.63) is 33.8 Å². The fourth-order valence-electron chi connectivity index (χ4n) is 1.38. The van der Waals surface area contributed by atoms with Crippen LogP contribution in [0.25, 0.3) is 0 Å². The molecule has 0 radical (unpaired) electrons. The number of carbonyl (C=O) groups excluding carboxylic acids is 2. The largest absolute Gasteiger partial charge is 0.370 e. The fourth-order valence-corrected chi connectivity index (χ4v) is 1.99. The van der Waals surface area contributed by atoms with Gasteiger partial charge in [0.05, 0.1) is 6.61 Å². The second-order valence-corrected chi connectivity index (χ2v) is 4.71. The van der Waals surface area contributed by atoms with Crippen LogP contribution >= 0.6 is 15.9 Å². The Morgan fingerprint density at radius 1 is 1.39 bits per heavy atom. The lowest BCUT2D eigenvalue weighted by Gasteiger charge is -2.06. The number of amides is 2. The van der Waals surface area contributed by atoms with E-state index >= 15 is 0 Å². The molecule has 6 heteroatoms. The van der Waals surface area contributed by atoms with Crippen LogP contribution in [0, 0.1) is 6.92 Å². The normalized spacial score (nSPS) is 10.1. The van der Waals surface area contributed by atoms with Crippen molar-refractivity contribution in [2.75, 3.05) is 19.8 Å². The number of ether oxygens (including phenoxy) is 1. The summed E-state index contributed by atoms with van der Waals surface area (Å²) in [5.74, 6) is -0.703. The number of rotatable bonds is 6. The zero-order valence-electron chi connectivity index (χ0n) is 10.0. The van der Waals surface area contributed by atoms with Crippen LogP contribution in [0.3, 0.4) is 0 Å². The van der Waals surface area contributed by atoms with Gasteiger partial charge in [-0.3, -0.25) is 9.59 Å². The van der Waals surface area contributed by atoms with Gasteiger partial charge in [-0.2, -0.15) is 0 Å². The average Bonchev–Trinajstić information content (AvgIpc) is 2.26. The highest BCUT2D eigenvalue weighted by Crippen LogP contribution is 2.15. The molecule has 3 N–H and O–H groups in total. The van der Waals surface area contributed by atoms with Gasteiger partial charge in [-0.05, 0) is 30.7 Å². The molecule has 1 aromatic carbocycles. The van der Waals surface area contributed by atoms with Crippen LogP contribution < -0.4 is 11.1 Å². The van der Waals surface area contributed by atoms with E-state index in [9.17, 15) is 9.59 Å². The maximum Gasteiger partial charge on any atom is 0.251 e. The summed E-state index contributed by atoms with van der Waals surface area (Å²) in [6.45, 7) is 2.36. The second-order valence-electron chi connectivity index (χ2n) is 3.79. The molecular formula is C12H15BrN2O3. The summed E-state index contributed by atoms with van der Waals surface area (Å²) in [7, 11) is 0. The van der Waals surface area contributed by atoms with Crippen molar-refractivity contribution in [1.82, 2.24) is 5.32 Å². The van der Waals surface area contributed by atoms with Gasteiger partial charge in [-0.1, -0.05) is 15.9 Å². The highest BCUT2D eigenvalue weighted by molar-refractivity contribution is 9.10. The van der Waals surface area contributed by atoms with Gasteiger partial charge >= 0.3 is 0 Å². The van der Waals surface area contributed by atoms with Crippen LogP contribution in [0.4, 0.5) is 0 Å². The number of hydrogen-bond acceptors (Lipinski definition) is 3. The van der Waals surface area contributed by atoms with E-state index in [4.69, 9.17) is 10.5 Å². The van der Waals surface area contributed by atoms with Crippen molar-refractivity contribution in [3.8, 4) is 0 Å². The van der Waals surface area contributed by atoms with Crippen molar-refractivity contribution in [2.45, 2.75) is 6.92 Å². The van der Waals surface area contributed by atoms with E-state index in [1.807, 2.05) is 13.0 Å². The molecule has 0 fully saturated rings. The third-order valence-electron chi connectivity index (χ3n) is 2.08. The van der Waals surface area contributed by atoms with E-state index in [2.05, 4.69) is 21.2 Å². The van der Waals surface area contributed by atoms with Crippen molar-refractivity contribution in [3.63, 3.8) is 0 Å². The van der Waals surface area contributed by atoms with Gasteiger partial charge in [0.2, 0.25) is 5.91 Å². The van der Waals surface area contributed by atoms with Gasteiger partial charge in [-0.15, -0.1) is 0 Å². The van der Waals surface area contributed by atoms with Crippen molar-refractivity contribution in [1.29, 1.82) is 0 Å². The van der Waals surface area contributed by atoms with Crippen LogP contribution in [-0.2, 0) is 9.53 Å². The van der Waals surface area contributed by atoms with Crippen LogP contribution in [-0.4, -0.2) is 31.6 Å². The lowest BCUT2D eigenvalue weighted by atomic mass is 10.1. The third kappa shape index (κ3) is 5.29. The summed E-state index contributed by atoms with van der Waals surface area (Å²) in [6.07, 6.45) is 0. The Labute approximate surface area is 114 Å². The lowest BCUT2D eigenvalue weighted by molar-refractivity contribution is -0.122. The van der Waals surface area contributed by atoms with E-state index in [0.717, 1.165) is 10.0 Å². The van der Waals surface area contributed by atoms with Crippen LogP contribution in [0.15, 0.2) is 22.7 Å². The van der Waals surface area contributed by atoms with Gasteiger partial charge in [0.25, 0.3) is 5.91 Å². The summed E-state index contributed by atoms with van der Waals surface area (Å²) in [5.41, 5.74) is 6.48. The van der Waals surface area contributed by atoms with E-state index in [-0.39, 0.29) is 19.1 Å². The van der Waals surface area contributed by atoms with Gasteiger partial charge in [0.15, 0.2) is 0 Å². The first-order chi connectivity index (χ1) is 8.49. The molecule has 0 aliphatic carbocycles. The molecule has 0 aromatic heterocycles. The molecule has 98 valence electrons. The first-order valence-electron chi connectivity index (χ1n) is 5.40. The highest BCUT2D eigenvalue weighted by atomic mass is 79.9. The molecule has 0 aliphatic heterocycles. The molecule has 1 aromatic rings. The van der Waals surface area contributed by atoms with Crippen molar-refractivity contribution >= 4 is 27.7 Å². The summed E-state index contributed by atoms with van der Waals surface area (Å²) >= 11 is 3.33. The Balaban J connectivity index is 2.38. The van der Waals surface area contributed by atoms with Crippen LogP contribution in [0.2, 0.25) is 0 Å². The van der Waals surface area contributed by atoms with E-state index < -0.39 is 5.91 Å². The van der Waals surface area contributed by atoms with E-state index in [1.165, 1.54) is 0 Å². The van der Waals surface area contributed by atoms with Gasteiger partial charge in [-0.25, -0.2) is 0 Å². The monoisotopic (exact) mass is 314 g/mol. The van der Waals surface area contributed by atoms with Crippen LogP contribution in [0.1, 0.15) is 15.9 Å². The molecule has 0 spiro atoms. The summed E-state index contributed by atoms with van der Waals surface area (Å²) in [6, 6.07) is 5.46. The fraction of sp³-hybridized carbons (Fsp3) is 0.333. The topological polar surface area (TPSA) is 81.4 Å². The Morgan fingerprint density at radius 2 is 2.11 bits per heavy atom. The highest BCUT2D eigenvalue weighted by Gasteiger charge is 2.06. The molecule has 0 bridgehead atoms. The number of halogens is 1. The molecule has 0 heterocycles. The number of hydrogen-bond donors (Lipinski definition) is 2. The lowest BCUT2D eigenvalue weighted by Crippen LogP contribution is -2.28. The average molecular weight is 315 g/mol. The Kier molecular flexibility index (Phi) is 5.80. The Morgan fingerprint density at radius 3 is 2.72 bits per heavy atom. The standard InChI is InChI=1S/C12H15BrN2O3/c1-8-4-9(6-10(13)5-8)12(17)15-2-3-18-7-11(14)16/h4-6H,2-3,7H2,1H3,(H2,14,16)(H,15,17). The summed E-state index contributed by atoms with van der Waals surface area (Å²) in [4.78, 5) is 22.2. The zero-order valence-corrected chi connectivity index (χ0v) is 11.6. The molecule has 0 saturated heterocycles. The van der Waals surface area contributed by atoms with Gasteiger partial charge in [0.1, 0.15) is 6.61 Å². The van der Waals surface area contributed by atoms with Gasteiger partial charge < -0.3 is 15.8 Å². The minimum atomic E-state index is -0.524. The first-order valence-corrected chi connectivity index (χ1v) is 6.20. The summed E-state index contributed by atoms with van der Waals surface area (Å²) in [5, 5.41) is 2.69. The maximum atomic E-state index is 11.8. The second kappa shape index (κ2) is 7.13. The molecule has 1 rings (SSSR count).